The molecule has 0 saturated heterocycles. The zero-order chi connectivity index (χ0) is 21.7. The van der Waals surface area contributed by atoms with Gasteiger partial charge < -0.3 is 4.74 Å². The maximum absolute atomic E-state index is 12.5. The number of hydrogen-bond acceptors (Lipinski definition) is 3. The number of nitrogens with one attached hydrogen (secondary N) is 1. The second-order valence-electron chi connectivity index (χ2n) is 7.29. The van der Waals surface area contributed by atoms with E-state index in [1.807, 2.05) is 73.7 Å². The summed E-state index contributed by atoms with van der Waals surface area (Å²) < 4.78 is 33.5. The van der Waals surface area contributed by atoms with Gasteiger partial charge in [-0.2, -0.15) is 0 Å². The fourth-order valence-corrected chi connectivity index (χ4v) is 4.21. The first-order chi connectivity index (χ1) is 15.0. The van der Waals surface area contributed by atoms with Gasteiger partial charge in [0.2, 0.25) is 0 Å². The van der Waals surface area contributed by atoms with E-state index in [2.05, 4.69) is 4.72 Å². The predicted octanol–water partition coefficient (Wildman–Crippen LogP) is 6.04. The summed E-state index contributed by atoms with van der Waals surface area (Å²) in [6.45, 7) is 2.44. The third kappa shape index (κ3) is 5.32. The van der Waals surface area contributed by atoms with E-state index in [1.165, 1.54) is 0 Å². The van der Waals surface area contributed by atoms with E-state index in [0.717, 1.165) is 28.0 Å². The zero-order valence-corrected chi connectivity index (χ0v) is 18.0. The molecule has 4 aromatic carbocycles. The number of hydrogen-bond donors (Lipinski definition) is 1. The summed E-state index contributed by atoms with van der Waals surface area (Å²) >= 11 is 0. The van der Waals surface area contributed by atoms with Crippen molar-refractivity contribution in [3.8, 4) is 16.9 Å². The molecule has 0 radical (unpaired) electrons. The van der Waals surface area contributed by atoms with Crippen LogP contribution >= 0.6 is 0 Å². The van der Waals surface area contributed by atoms with Crippen molar-refractivity contribution in [1.82, 2.24) is 0 Å². The molecule has 0 spiro atoms. The van der Waals surface area contributed by atoms with Crippen LogP contribution in [-0.4, -0.2) is 8.42 Å². The van der Waals surface area contributed by atoms with E-state index in [1.54, 1.807) is 36.4 Å². The molecule has 0 saturated carbocycles. The summed E-state index contributed by atoms with van der Waals surface area (Å²) in [5.74, 6) is 0.801. The number of benzene rings is 4. The highest BCUT2D eigenvalue weighted by molar-refractivity contribution is 7.92. The molecule has 31 heavy (non-hydrogen) atoms. The highest BCUT2D eigenvalue weighted by atomic mass is 32.2. The van der Waals surface area contributed by atoms with Gasteiger partial charge >= 0.3 is 0 Å². The standard InChI is InChI=1S/C26H23NO3S/c1-20-7-17-26(18-8-20)31(28,29)27-24-13-9-22(10-14-24)23-11-15-25(16-12-23)30-19-21-5-3-2-4-6-21/h2-18,27H,19H2,1H3. The summed E-state index contributed by atoms with van der Waals surface area (Å²) in [6, 6.07) is 32.0. The van der Waals surface area contributed by atoms with Gasteiger partial charge in [-0.15, -0.1) is 0 Å². The molecule has 0 unspecified atom stereocenters. The number of sulfonamides is 1. The lowest BCUT2D eigenvalue weighted by Crippen LogP contribution is -2.12. The lowest BCUT2D eigenvalue weighted by molar-refractivity contribution is 0.306. The van der Waals surface area contributed by atoms with Crippen molar-refractivity contribution >= 4 is 15.7 Å². The molecule has 1 N–H and O–H groups in total. The smallest absolute Gasteiger partial charge is 0.261 e. The fraction of sp³-hybridized carbons (Fsp3) is 0.0769. The minimum absolute atomic E-state index is 0.244. The Balaban J connectivity index is 1.41. The van der Waals surface area contributed by atoms with Gasteiger partial charge in [0, 0.05) is 5.69 Å². The van der Waals surface area contributed by atoms with Crippen LogP contribution in [0.4, 0.5) is 5.69 Å². The second kappa shape index (κ2) is 9.06. The van der Waals surface area contributed by atoms with Crippen molar-refractivity contribution < 1.29 is 13.2 Å². The molecule has 0 aromatic heterocycles. The normalized spacial score (nSPS) is 11.1. The van der Waals surface area contributed by atoms with Crippen LogP contribution in [0.2, 0.25) is 0 Å². The highest BCUT2D eigenvalue weighted by Crippen LogP contribution is 2.25. The Morgan fingerprint density at radius 1 is 0.710 bits per heavy atom. The molecule has 0 heterocycles. The van der Waals surface area contributed by atoms with Crippen LogP contribution in [-0.2, 0) is 16.6 Å². The second-order valence-corrected chi connectivity index (χ2v) is 8.98. The van der Waals surface area contributed by atoms with Gasteiger partial charge in [0.15, 0.2) is 0 Å². The van der Waals surface area contributed by atoms with Crippen molar-refractivity contribution in [2.75, 3.05) is 4.72 Å². The first kappa shape index (κ1) is 20.7. The van der Waals surface area contributed by atoms with Crippen LogP contribution in [0.25, 0.3) is 11.1 Å². The number of aryl methyl sites for hydroxylation is 1. The van der Waals surface area contributed by atoms with Crippen LogP contribution in [0.3, 0.4) is 0 Å². The Morgan fingerprint density at radius 2 is 1.29 bits per heavy atom. The van der Waals surface area contributed by atoms with E-state index >= 15 is 0 Å². The molecule has 0 aliphatic rings. The van der Waals surface area contributed by atoms with Gasteiger partial charge in [-0.05, 0) is 60.0 Å². The Labute approximate surface area is 183 Å². The molecular weight excluding hydrogens is 406 g/mol. The van der Waals surface area contributed by atoms with Crippen molar-refractivity contribution in [2.45, 2.75) is 18.4 Å². The monoisotopic (exact) mass is 429 g/mol. The Kier molecular flexibility index (Phi) is 6.05. The SMILES string of the molecule is Cc1ccc(S(=O)(=O)Nc2ccc(-c3ccc(OCc4ccccc4)cc3)cc2)cc1. The summed E-state index contributed by atoms with van der Waals surface area (Å²) in [7, 11) is -3.61. The zero-order valence-electron chi connectivity index (χ0n) is 17.2. The average molecular weight is 430 g/mol. The van der Waals surface area contributed by atoms with Crippen molar-refractivity contribution in [2.24, 2.45) is 0 Å². The van der Waals surface area contributed by atoms with Crippen LogP contribution in [0.1, 0.15) is 11.1 Å². The Hall–Kier alpha value is -3.57. The molecule has 0 bridgehead atoms. The lowest BCUT2D eigenvalue weighted by Gasteiger charge is -2.10. The van der Waals surface area contributed by atoms with E-state index in [0.29, 0.717) is 12.3 Å². The molecule has 0 atom stereocenters. The molecule has 156 valence electrons. The molecule has 0 aliphatic heterocycles. The molecule has 0 amide bonds. The van der Waals surface area contributed by atoms with Crippen molar-refractivity contribution in [1.29, 1.82) is 0 Å². The molecule has 4 rings (SSSR count). The molecular formula is C26H23NO3S. The highest BCUT2D eigenvalue weighted by Gasteiger charge is 2.13. The fourth-order valence-electron chi connectivity index (χ4n) is 3.15. The maximum atomic E-state index is 12.5. The molecule has 4 aromatic rings. The van der Waals surface area contributed by atoms with Crippen LogP contribution in [0.15, 0.2) is 108 Å². The van der Waals surface area contributed by atoms with Gasteiger partial charge in [-0.1, -0.05) is 72.3 Å². The molecule has 4 nitrogen and oxygen atoms in total. The minimum atomic E-state index is -3.61. The Morgan fingerprint density at radius 3 is 1.90 bits per heavy atom. The first-order valence-electron chi connectivity index (χ1n) is 9.96. The summed E-state index contributed by atoms with van der Waals surface area (Å²) in [6.07, 6.45) is 0. The summed E-state index contributed by atoms with van der Waals surface area (Å²) in [4.78, 5) is 0.244. The quantitative estimate of drug-likeness (QED) is 0.390. The molecule has 0 aliphatic carbocycles. The third-order valence-corrected chi connectivity index (χ3v) is 6.30. The van der Waals surface area contributed by atoms with Crippen LogP contribution in [0.5, 0.6) is 5.75 Å². The van der Waals surface area contributed by atoms with Gasteiger partial charge in [-0.3, -0.25) is 4.72 Å². The largest absolute Gasteiger partial charge is 0.489 e. The molecule has 5 heteroatoms. The van der Waals surface area contributed by atoms with Crippen LogP contribution < -0.4 is 9.46 Å². The van der Waals surface area contributed by atoms with Gasteiger partial charge in [-0.25, -0.2) is 8.42 Å². The van der Waals surface area contributed by atoms with Crippen LogP contribution in [0, 0.1) is 6.92 Å². The van der Waals surface area contributed by atoms with E-state index in [9.17, 15) is 8.42 Å². The number of ether oxygens (including phenoxy) is 1. The van der Waals surface area contributed by atoms with Gasteiger partial charge in [0.1, 0.15) is 12.4 Å². The Bertz CT molecular complexity index is 1230. The van der Waals surface area contributed by atoms with E-state index in [-0.39, 0.29) is 4.90 Å². The summed E-state index contributed by atoms with van der Waals surface area (Å²) in [5, 5.41) is 0. The minimum Gasteiger partial charge on any atom is -0.489 e. The van der Waals surface area contributed by atoms with Gasteiger partial charge in [0.05, 0.1) is 4.90 Å². The third-order valence-electron chi connectivity index (χ3n) is 4.90. The average Bonchev–Trinajstić information content (AvgIpc) is 2.79. The van der Waals surface area contributed by atoms with Crippen molar-refractivity contribution in [3.05, 3.63) is 114 Å². The number of anilines is 1. The summed E-state index contributed by atoms with van der Waals surface area (Å²) in [5.41, 5.74) is 4.68. The van der Waals surface area contributed by atoms with Gasteiger partial charge in [0.25, 0.3) is 10.0 Å². The first-order valence-corrected chi connectivity index (χ1v) is 11.4. The predicted molar refractivity (Wildman–Crippen MR) is 125 cm³/mol. The van der Waals surface area contributed by atoms with Crippen molar-refractivity contribution in [3.63, 3.8) is 0 Å². The lowest BCUT2D eigenvalue weighted by atomic mass is 10.1. The topological polar surface area (TPSA) is 55.4 Å². The van der Waals surface area contributed by atoms with E-state index < -0.39 is 10.0 Å². The number of rotatable bonds is 7. The van der Waals surface area contributed by atoms with E-state index in [4.69, 9.17) is 4.74 Å². The maximum Gasteiger partial charge on any atom is 0.261 e. The molecule has 0 fully saturated rings.